The fraction of sp³-hybridized carbons (Fsp3) is 0.800. The van der Waals surface area contributed by atoms with Crippen molar-refractivity contribution in [3.63, 3.8) is 0 Å². The molecule has 0 spiro atoms. The molecule has 0 aromatic carbocycles. The van der Waals surface area contributed by atoms with E-state index < -0.39 is 0 Å². The second kappa shape index (κ2) is 1.23. The molecule has 0 aromatic heterocycles. The fourth-order valence-corrected chi connectivity index (χ4v) is 0.528. The van der Waals surface area contributed by atoms with Gasteiger partial charge in [-0.25, -0.2) is 0 Å². The van der Waals surface area contributed by atoms with Crippen molar-refractivity contribution in [2.75, 3.05) is 0 Å². The lowest BCUT2D eigenvalue weighted by molar-refractivity contribution is 0.833. The zero-order valence-corrected chi connectivity index (χ0v) is 4.07. The molecule has 1 heteroatoms. The molecule has 1 aliphatic carbocycles. The van der Waals surface area contributed by atoms with E-state index in [4.69, 9.17) is 5.73 Å². The van der Waals surface area contributed by atoms with Crippen molar-refractivity contribution in [2.24, 2.45) is 5.73 Å². The molecular formula is C5H10N. The molecule has 1 radical (unpaired) electrons. The molecule has 1 aliphatic rings. The van der Waals surface area contributed by atoms with E-state index >= 15 is 0 Å². The van der Waals surface area contributed by atoms with Gasteiger partial charge in [-0.15, -0.1) is 0 Å². The van der Waals surface area contributed by atoms with Gasteiger partial charge in [-0.1, -0.05) is 0 Å². The van der Waals surface area contributed by atoms with Crippen LogP contribution in [0.4, 0.5) is 0 Å². The van der Waals surface area contributed by atoms with E-state index in [1.807, 2.05) is 6.92 Å². The van der Waals surface area contributed by atoms with Gasteiger partial charge in [0.05, 0.1) is 0 Å². The SMILES string of the molecule is CC(N)[C]1CC1. The third kappa shape index (κ3) is 0.716. The molecule has 1 fully saturated rings. The maximum Gasteiger partial charge on any atom is 0.00729 e. The highest BCUT2D eigenvalue weighted by Crippen LogP contribution is 2.33. The Labute approximate surface area is 38.5 Å². The van der Waals surface area contributed by atoms with Gasteiger partial charge in [0.2, 0.25) is 0 Å². The van der Waals surface area contributed by atoms with Crippen LogP contribution in [0, 0.1) is 5.92 Å². The standard InChI is InChI=1S/C5H10N/c1-4(6)5-2-3-5/h4H,2-3,6H2,1H3. The normalized spacial score (nSPS) is 27.0. The van der Waals surface area contributed by atoms with Gasteiger partial charge in [0.1, 0.15) is 0 Å². The first kappa shape index (κ1) is 4.13. The lowest BCUT2D eigenvalue weighted by atomic mass is 10.2. The van der Waals surface area contributed by atoms with Crippen LogP contribution in [0.2, 0.25) is 0 Å². The molecule has 0 bridgehead atoms. The predicted octanol–water partition coefficient (Wildman–Crippen LogP) is 0.702. The van der Waals surface area contributed by atoms with Gasteiger partial charge in [0, 0.05) is 6.04 Å². The second-order valence-corrected chi connectivity index (χ2v) is 1.95. The van der Waals surface area contributed by atoms with Crippen LogP contribution in [-0.4, -0.2) is 6.04 Å². The first-order chi connectivity index (χ1) is 2.80. The minimum Gasteiger partial charge on any atom is -0.327 e. The van der Waals surface area contributed by atoms with E-state index in [2.05, 4.69) is 0 Å². The van der Waals surface area contributed by atoms with Gasteiger partial charge in [-0.05, 0) is 25.7 Å². The van der Waals surface area contributed by atoms with Crippen LogP contribution >= 0.6 is 0 Å². The van der Waals surface area contributed by atoms with Crippen molar-refractivity contribution in [2.45, 2.75) is 25.8 Å². The van der Waals surface area contributed by atoms with E-state index in [0.29, 0.717) is 6.04 Å². The van der Waals surface area contributed by atoms with Crippen LogP contribution in [0.15, 0.2) is 0 Å². The summed E-state index contributed by atoms with van der Waals surface area (Å²) in [5.74, 6) is 1.54. The summed E-state index contributed by atoms with van der Waals surface area (Å²) in [5.41, 5.74) is 5.46. The van der Waals surface area contributed by atoms with Gasteiger partial charge >= 0.3 is 0 Å². The minimum absolute atomic E-state index is 0.380. The highest BCUT2D eigenvalue weighted by molar-refractivity contribution is 5.11. The molecule has 0 aliphatic heterocycles. The van der Waals surface area contributed by atoms with Crippen LogP contribution in [0.25, 0.3) is 0 Å². The minimum atomic E-state index is 0.380. The molecule has 0 saturated heterocycles. The van der Waals surface area contributed by atoms with Crippen LogP contribution < -0.4 is 5.73 Å². The molecule has 2 N–H and O–H groups in total. The summed E-state index contributed by atoms with van der Waals surface area (Å²) in [6.07, 6.45) is 2.58. The van der Waals surface area contributed by atoms with Crippen molar-refractivity contribution in [1.29, 1.82) is 0 Å². The monoisotopic (exact) mass is 84.1 g/mol. The third-order valence-corrected chi connectivity index (χ3v) is 1.18. The average Bonchev–Trinajstić information content (AvgIpc) is 2.06. The Morgan fingerprint density at radius 1 is 1.67 bits per heavy atom. The van der Waals surface area contributed by atoms with Crippen molar-refractivity contribution in [3.8, 4) is 0 Å². The van der Waals surface area contributed by atoms with E-state index in [0.717, 1.165) is 0 Å². The number of hydrogen-bond acceptors (Lipinski definition) is 1. The average molecular weight is 84.1 g/mol. The summed E-state index contributed by atoms with van der Waals surface area (Å²) in [7, 11) is 0. The molecule has 1 rings (SSSR count). The Bertz CT molecular complexity index is 45.9. The Balaban J connectivity index is 2.13. The summed E-state index contributed by atoms with van der Waals surface area (Å²) < 4.78 is 0. The molecule has 1 saturated carbocycles. The fourth-order valence-electron chi connectivity index (χ4n) is 0.528. The maximum atomic E-state index is 5.46. The summed E-state index contributed by atoms with van der Waals surface area (Å²) in [4.78, 5) is 0. The smallest absolute Gasteiger partial charge is 0.00729 e. The number of nitrogens with two attached hydrogens (primary N) is 1. The molecule has 1 unspecified atom stereocenters. The van der Waals surface area contributed by atoms with Crippen molar-refractivity contribution >= 4 is 0 Å². The summed E-state index contributed by atoms with van der Waals surface area (Å²) in [6, 6.07) is 0.380. The largest absolute Gasteiger partial charge is 0.327 e. The molecule has 0 aromatic rings. The van der Waals surface area contributed by atoms with Gasteiger partial charge in [0.15, 0.2) is 0 Å². The maximum absolute atomic E-state index is 5.46. The second-order valence-electron chi connectivity index (χ2n) is 1.95. The Morgan fingerprint density at radius 3 is 2.17 bits per heavy atom. The summed E-state index contributed by atoms with van der Waals surface area (Å²) in [6.45, 7) is 2.04. The van der Waals surface area contributed by atoms with Crippen LogP contribution in [0.1, 0.15) is 19.8 Å². The molecule has 35 valence electrons. The topological polar surface area (TPSA) is 26.0 Å². The Hall–Kier alpha value is -0.0400. The molecule has 0 amide bonds. The van der Waals surface area contributed by atoms with Gasteiger partial charge in [0.25, 0.3) is 0 Å². The van der Waals surface area contributed by atoms with Crippen LogP contribution in [0.3, 0.4) is 0 Å². The zero-order chi connectivity index (χ0) is 4.57. The first-order valence-corrected chi connectivity index (χ1v) is 2.41. The zero-order valence-electron chi connectivity index (χ0n) is 4.07. The highest BCUT2D eigenvalue weighted by Gasteiger charge is 2.25. The van der Waals surface area contributed by atoms with Crippen molar-refractivity contribution < 1.29 is 0 Å². The molecule has 0 heterocycles. The molecule has 1 nitrogen and oxygen atoms in total. The van der Waals surface area contributed by atoms with Crippen LogP contribution in [0.5, 0.6) is 0 Å². The van der Waals surface area contributed by atoms with E-state index in [9.17, 15) is 0 Å². The van der Waals surface area contributed by atoms with Gasteiger partial charge in [-0.2, -0.15) is 0 Å². The van der Waals surface area contributed by atoms with E-state index in [1.54, 1.807) is 0 Å². The third-order valence-electron chi connectivity index (χ3n) is 1.18. The summed E-state index contributed by atoms with van der Waals surface area (Å²) >= 11 is 0. The molecule has 6 heavy (non-hydrogen) atoms. The van der Waals surface area contributed by atoms with Gasteiger partial charge in [-0.3, -0.25) is 0 Å². The number of hydrogen-bond donors (Lipinski definition) is 1. The first-order valence-electron chi connectivity index (χ1n) is 2.41. The highest BCUT2D eigenvalue weighted by atomic mass is 14.7. The van der Waals surface area contributed by atoms with E-state index in [1.165, 1.54) is 18.8 Å². The van der Waals surface area contributed by atoms with Crippen LogP contribution in [-0.2, 0) is 0 Å². The predicted molar refractivity (Wildman–Crippen MR) is 26.1 cm³/mol. The quantitative estimate of drug-likeness (QED) is 0.497. The lowest BCUT2D eigenvalue weighted by Gasteiger charge is -1.94. The Kier molecular flexibility index (Phi) is 0.845. The van der Waals surface area contributed by atoms with E-state index in [-0.39, 0.29) is 0 Å². The van der Waals surface area contributed by atoms with Crippen molar-refractivity contribution in [3.05, 3.63) is 5.92 Å². The Morgan fingerprint density at radius 2 is 2.17 bits per heavy atom. The van der Waals surface area contributed by atoms with Gasteiger partial charge < -0.3 is 5.73 Å². The van der Waals surface area contributed by atoms with Crippen molar-refractivity contribution in [1.82, 2.24) is 0 Å². The lowest BCUT2D eigenvalue weighted by Crippen LogP contribution is -2.15. The molecule has 1 atom stereocenters. The summed E-state index contributed by atoms with van der Waals surface area (Å²) in [5, 5.41) is 0. The number of rotatable bonds is 1. The molecular weight excluding hydrogens is 74.1 g/mol.